The fourth-order valence-electron chi connectivity index (χ4n) is 1.30. The Morgan fingerprint density at radius 3 is 3.07 bits per heavy atom. The summed E-state index contributed by atoms with van der Waals surface area (Å²) in [6.45, 7) is 2.17. The summed E-state index contributed by atoms with van der Waals surface area (Å²) in [5.41, 5.74) is 2.30. The van der Waals surface area contributed by atoms with Crippen molar-refractivity contribution in [3.8, 4) is 10.6 Å². The molecule has 0 unspecified atom stereocenters. The topological polar surface area (TPSA) is 25.8 Å². The van der Waals surface area contributed by atoms with Crippen molar-refractivity contribution in [1.82, 2.24) is 9.97 Å². The number of hydrogen-bond acceptors (Lipinski definition) is 3. The molecule has 0 fully saturated rings. The Hall–Kier alpha value is -1.22. The van der Waals surface area contributed by atoms with E-state index in [1.54, 1.807) is 17.5 Å². The van der Waals surface area contributed by atoms with Crippen molar-refractivity contribution in [3.05, 3.63) is 35.6 Å². The van der Waals surface area contributed by atoms with Crippen LogP contribution in [0.15, 0.2) is 29.9 Å². The summed E-state index contributed by atoms with van der Waals surface area (Å²) in [6, 6.07) is 3.98. The molecule has 0 aliphatic rings. The van der Waals surface area contributed by atoms with E-state index in [0.717, 1.165) is 23.4 Å². The second-order valence-electron chi connectivity index (χ2n) is 3.14. The standard InChI is InChI=1S/C11H12N2S/c1-2-4-10-8-14-11(13-10)9-5-3-6-12-7-9/h3,5-8H,2,4H2,1H3. The second-order valence-corrected chi connectivity index (χ2v) is 3.99. The summed E-state index contributed by atoms with van der Waals surface area (Å²) in [7, 11) is 0. The second kappa shape index (κ2) is 4.33. The van der Waals surface area contributed by atoms with Crippen molar-refractivity contribution in [2.45, 2.75) is 19.8 Å². The number of nitrogens with zero attached hydrogens (tertiary/aromatic N) is 2. The normalized spacial score (nSPS) is 10.4. The maximum absolute atomic E-state index is 4.55. The molecule has 2 nitrogen and oxygen atoms in total. The van der Waals surface area contributed by atoms with E-state index in [1.807, 2.05) is 18.3 Å². The van der Waals surface area contributed by atoms with Crippen LogP contribution in [-0.4, -0.2) is 9.97 Å². The molecular formula is C11H12N2S. The highest BCUT2D eigenvalue weighted by atomic mass is 32.1. The molecule has 0 aliphatic heterocycles. The molecule has 0 aliphatic carbocycles. The predicted octanol–water partition coefficient (Wildman–Crippen LogP) is 3.16. The number of pyridine rings is 1. The van der Waals surface area contributed by atoms with Crippen LogP contribution in [-0.2, 0) is 6.42 Å². The summed E-state index contributed by atoms with van der Waals surface area (Å²) in [6.07, 6.45) is 5.85. The van der Waals surface area contributed by atoms with Crippen molar-refractivity contribution in [2.75, 3.05) is 0 Å². The van der Waals surface area contributed by atoms with Gasteiger partial charge in [-0.3, -0.25) is 4.98 Å². The van der Waals surface area contributed by atoms with Crippen molar-refractivity contribution < 1.29 is 0 Å². The minimum atomic E-state index is 1.07. The van der Waals surface area contributed by atoms with E-state index < -0.39 is 0 Å². The van der Waals surface area contributed by atoms with E-state index in [9.17, 15) is 0 Å². The van der Waals surface area contributed by atoms with Crippen molar-refractivity contribution in [2.24, 2.45) is 0 Å². The van der Waals surface area contributed by atoms with E-state index in [-0.39, 0.29) is 0 Å². The Labute approximate surface area is 87.7 Å². The number of thiazole rings is 1. The molecule has 2 aromatic rings. The first kappa shape index (κ1) is 9.34. The Kier molecular flexibility index (Phi) is 2.89. The van der Waals surface area contributed by atoms with Crippen LogP contribution in [0.5, 0.6) is 0 Å². The van der Waals surface area contributed by atoms with Crippen LogP contribution in [0.25, 0.3) is 10.6 Å². The van der Waals surface area contributed by atoms with Gasteiger partial charge in [0.2, 0.25) is 0 Å². The van der Waals surface area contributed by atoms with E-state index >= 15 is 0 Å². The molecule has 0 spiro atoms. The molecule has 0 amide bonds. The molecule has 72 valence electrons. The molecule has 0 radical (unpaired) electrons. The molecule has 0 atom stereocenters. The van der Waals surface area contributed by atoms with Crippen LogP contribution in [0.2, 0.25) is 0 Å². The van der Waals surface area contributed by atoms with Gasteiger partial charge in [0.05, 0.1) is 5.69 Å². The van der Waals surface area contributed by atoms with Gasteiger partial charge in [0.1, 0.15) is 5.01 Å². The van der Waals surface area contributed by atoms with Gasteiger partial charge in [-0.2, -0.15) is 0 Å². The van der Waals surface area contributed by atoms with E-state index in [4.69, 9.17) is 0 Å². The van der Waals surface area contributed by atoms with Crippen LogP contribution in [0, 0.1) is 0 Å². The number of rotatable bonds is 3. The van der Waals surface area contributed by atoms with Crippen molar-refractivity contribution in [1.29, 1.82) is 0 Å². The fourth-order valence-corrected chi connectivity index (χ4v) is 2.14. The summed E-state index contributed by atoms with van der Waals surface area (Å²) in [4.78, 5) is 8.63. The average Bonchev–Trinajstić information content (AvgIpc) is 2.68. The van der Waals surface area contributed by atoms with Gasteiger partial charge in [0.25, 0.3) is 0 Å². The Balaban J connectivity index is 2.25. The van der Waals surface area contributed by atoms with Gasteiger partial charge in [-0.1, -0.05) is 13.3 Å². The molecule has 0 N–H and O–H groups in total. The van der Waals surface area contributed by atoms with Gasteiger partial charge < -0.3 is 0 Å². The first-order valence-corrected chi connectivity index (χ1v) is 5.63. The van der Waals surface area contributed by atoms with Crippen molar-refractivity contribution >= 4 is 11.3 Å². The Bertz CT molecular complexity index is 395. The highest BCUT2D eigenvalue weighted by Crippen LogP contribution is 2.22. The number of hydrogen-bond donors (Lipinski definition) is 0. The fraction of sp³-hybridized carbons (Fsp3) is 0.273. The van der Waals surface area contributed by atoms with Crippen LogP contribution in [0.3, 0.4) is 0 Å². The maximum atomic E-state index is 4.55. The zero-order valence-corrected chi connectivity index (χ0v) is 8.92. The number of aryl methyl sites for hydroxylation is 1. The first-order valence-electron chi connectivity index (χ1n) is 4.75. The largest absolute Gasteiger partial charge is 0.264 e. The molecule has 14 heavy (non-hydrogen) atoms. The molecular weight excluding hydrogens is 192 g/mol. The van der Waals surface area contributed by atoms with Gasteiger partial charge >= 0.3 is 0 Å². The summed E-state index contributed by atoms with van der Waals surface area (Å²) < 4.78 is 0. The van der Waals surface area contributed by atoms with E-state index in [0.29, 0.717) is 0 Å². The lowest BCUT2D eigenvalue weighted by molar-refractivity contribution is 0.893. The molecule has 2 heterocycles. The molecule has 2 rings (SSSR count). The van der Waals surface area contributed by atoms with E-state index in [1.165, 1.54) is 5.69 Å². The Morgan fingerprint density at radius 1 is 1.43 bits per heavy atom. The summed E-state index contributed by atoms with van der Waals surface area (Å²) >= 11 is 1.69. The quantitative estimate of drug-likeness (QED) is 0.767. The van der Waals surface area contributed by atoms with E-state index in [2.05, 4.69) is 22.3 Å². The zero-order chi connectivity index (χ0) is 9.80. The SMILES string of the molecule is CCCc1csc(-c2cccnc2)n1. The predicted molar refractivity (Wildman–Crippen MR) is 59.3 cm³/mol. The van der Waals surface area contributed by atoms with Crippen LogP contribution in [0.1, 0.15) is 19.0 Å². The van der Waals surface area contributed by atoms with Crippen LogP contribution in [0.4, 0.5) is 0 Å². The minimum Gasteiger partial charge on any atom is -0.264 e. The third kappa shape index (κ3) is 1.99. The minimum absolute atomic E-state index is 1.07. The zero-order valence-electron chi connectivity index (χ0n) is 8.10. The highest BCUT2D eigenvalue weighted by Gasteiger charge is 2.03. The van der Waals surface area contributed by atoms with Gasteiger partial charge in [-0.05, 0) is 18.6 Å². The van der Waals surface area contributed by atoms with Gasteiger partial charge in [0, 0.05) is 23.3 Å². The first-order chi connectivity index (χ1) is 6.90. The lowest BCUT2D eigenvalue weighted by Crippen LogP contribution is -1.83. The Morgan fingerprint density at radius 2 is 2.36 bits per heavy atom. The molecule has 2 aromatic heterocycles. The van der Waals surface area contributed by atoms with Gasteiger partial charge in [-0.25, -0.2) is 4.98 Å². The van der Waals surface area contributed by atoms with Crippen molar-refractivity contribution in [3.63, 3.8) is 0 Å². The molecule has 0 aromatic carbocycles. The lowest BCUT2D eigenvalue weighted by atomic mass is 10.3. The third-order valence-electron chi connectivity index (χ3n) is 1.97. The highest BCUT2D eigenvalue weighted by molar-refractivity contribution is 7.13. The lowest BCUT2D eigenvalue weighted by Gasteiger charge is -1.93. The van der Waals surface area contributed by atoms with Gasteiger partial charge in [-0.15, -0.1) is 11.3 Å². The van der Waals surface area contributed by atoms with Gasteiger partial charge in [0.15, 0.2) is 0 Å². The molecule has 0 saturated carbocycles. The summed E-state index contributed by atoms with van der Waals surface area (Å²) in [5.74, 6) is 0. The summed E-state index contributed by atoms with van der Waals surface area (Å²) in [5, 5.41) is 3.20. The molecule has 0 saturated heterocycles. The average molecular weight is 204 g/mol. The van der Waals surface area contributed by atoms with Crippen LogP contribution < -0.4 is 0 Å². The number of aromatic nitrogens is 2. The maximum Gasteiger partial charge on any atom is 0.125 e. The molecule has 3 heteroatoms. The smallest absolute Gasteiger partial charge is 0.125 e. The monoisotopic (exact) mass is 204 g/mol. The third-order valence-corrected chi connectivity index (χ3v) is 2.91. The van der Waals surface area contributed by atoms with Crippen LogP contribution >= 0.6 is 11.3 Å². The molecule has 0 bridgehead atoms.